The molecular formula is C14H13Cl2NO. The summed E-state index contributed by atoms with van der Waals surface area (Å²) in [6, 6.07) is 11.0. The van der Waals surface area contributed by atoms with Crippen LogP contribution < -0.4 is 10.5 Å². The molecule has 0 atom stereocenters. The summed E-state index contributed by atoms with van der Waals surface area (Å²) in [6.45, 7) is 2.37. The van der Waals surface area contributed by atoms with Crippen LogP contribution in [0.3, 0.4) is 0 Å². The Balaban J connectivity index is 2.11. The van der Waals surface area contributed by atoms with Crippen molar-refractivity contribution in [1.82, 2.24) is 0 Å². The van der Waals surface area contributed by atoms with E-state index < -0.39 is 0 Å². The second-order valence-electron chi connectivity index (χ2n) is 4.07. The maximum atomic E-state index is 6.13. The zero-order chi connectivity index (χ0) is 13.1. The van der Waals surface area contributed by atoms with Gasteiger partial charge in [0.15, 0.2) is 0 Å². The van der Waals surface area contributed by atoms with Crippen LogP contribution in [0.2, 0.25) is 10.0 Å². The van der Waals surface area contributed by atoms with Crippen molar-refractivity contribution in [2.24, 2.45) is 0 Å². The molecule has 18 heavy (non-hydrogen) atoms. The minimum Gasteiger partial charge on any atom is -0.487 e. The Morgan fingerprint density at radius 1 is 1.11 bits per heavy atom. The Labute approximate surface area is 116 Å². The quantitative estimate of drug-likeness (QED) is 0.843. The van der Waals surface area contributed by atoms with Crippen molar-refractivity contribution in [2.45, 2.75) is 13.5 Å². The fourth-order valence-electron chi connectivity index (χ4n) is 1.58. The third kappa shape index (κ3) is 3.09. The van der Waals surface area contributed by atoms with E-state index in [1.165, 1.54) is 0 Å². The summed E-state index contributed by atoms with van der Waals surface area (Å²) in [5, 5.41) is 1.29. The minimum atomic E-state index is 0.380. The van der Waals surface area contributed by atoms with E-state index in [2.05, 4.69) is 0 Å². The van der Waals surface area contributed by atoms with Gasteiger partial charge in [-0.25, -0.2) is 0 Å². The van der Waals surface area contributed by atoms with Crippen molar-refractivity contribution in [3.8, 4) is 5.75 Å². The molecule has 0 aliphatic carbocycles. The van der Waals surface area contributed by atoms with Gasteiger partial charge in [0.2, 0.25) is 0 Å². The monoisotopic (exact) mass is 281 g/mol. The molecule has 0 heterocycles. The van der Waals surface area contributed by atoms with E-state index in [4.69, 9.17) is 33.7 Å². The van der Waals surface area contributed by atoms with E-state index in [1.807, 2.05) is 25.1 Å². The van der Waals surface area contributed by atoms with Crippen LogP contribution in [0.4, 0.5) is 5.69 Å². The van der Waals surface area contributed by atoms with E-state index in [-0.39, 0.29) is 0 Å². The fourth-order valence-corrected chi connectivity index (χ4v) is 2.05. The van der Waals surface area contributed by atoms with Gasteiger partial charge < -0.3 is 10.5 Å². The number of halogens is 2. The van der Waals surface area contributed by atoms with Gasteiger partial charge >= 0.3 is 0 Å². The van der Waals surface area contributed by atoms with Gasteiger partial charge in [0.1, 0.15) is 12.4 Å². The number of aryl methyl sites for hydroxylation is 1. The lowest BCUT2D eigenvalue weighted by atomic mass is 10.1. The van der Waals surface area contributed by atoms with Crippen LogP contribution in [-0.2, 0) is 6.61 Å². The van der Waals surface area contributed by atoms with Gasteiger partial charge in [-0.1, -0.05) is 35.3 Å². The van der Waals surface area contributed by atoms with Crippen LogP contribution in [-0.4, -0.2) is 0 Å². The molecule has 0 unspecified atom stereocenters. The van der Waals surface area contributed by atoms with Gasteiger partial charge in [-0.05, 0) is 36.8 Å². The normalized spacial score (nSPS) is 10.4. The molecule has 2 N–H and O–H groups in total. The predicted molar refractivity (Wildman–Crippen MR) is 76.4 cm³/mol. The van der Waals surface area contributed by atoms with Crippen LogP contribution in [0.1, 0.15) is 11.1 Å². The van der Waals surface area contributed by atoms with Crippen LogP contribution >= 0.6 is 23.2 Å². The minimum absolute atomic E-state index is 0.380. The molecule has 0 radical (unpaired) electrons. The Hall–Kier alpha value is -1.38. The molecule has 2 aromatic carbocycles. The first-order valence-electron chi connectivity index (χ1n) is 5.49. The van der Waals surface area contributed by atoms with Gasteiger partial charge in [0.05, 0.1) is 5.69 Å². The van der Waals surface area contributed by atoms with E-state index in [0.717, 1.165) is 11.1 Å². The second kappa shape index (κ2) is 5.51. The Morgan fingerprint density at radius 3 is 2.56 bits per heavy atom. The van der Waals surface area contributed by atoms with E-state index >= 15 is 0 Å². The summed E-state index contributed by atoms with van der Waals surface area (Å²) in [5.74, 6) is 0.607. The highest BCUT2D eigenvalue weighted by atomic mass is 35.5. The maximum Gasteiger partial charge on any atom is 0.142 e. The summed E-state index contributed by atoms with van der Waals surface area (Å²) >= 11 is 11.9. The van der Waals surface area contributed by atoms with Gasteiger partial charge in [0, 0.05) is 15.6 Å². The number of nitrogens with two attached hydrogens (primary N) is 1. The molecule has 0 spiro atoms. The molecule has 0 bridgehead atoms. The highest BCUT2D eigenvalue weighted by molar-refractivity contribution is 6.31. The molecule has 0 aliphatic heterocycles. The largest absolute Gasteiger partial charge is 0.487 e. The van der Waals surface area contributed by atoms with E-state index in [0.29, 0.717) is 28.1 Å². The van der Waals surface area contributed by atoms with Gasteiger partial charge in [0.25, 0.3) is 0 Å². The molecule has 0 aliphatic rings. The third-order valence-corrected chi connectivity index (χ3v) is 3.15. The molecule has 4 heteroatoms. The third-order valence-electron chi connectivity index (χ3n) is 2.56. The SMILES string of the molecule is Cc1ccc(COc2ccc(Cl)cc2N)c(Cl)c1. The summed E-state index contributed by atoms with van der Waals surface area (Å²) in [4.78, 5) is 0. The van der Waals surface area contributed by atoms with Crippen LogP contribution in [0.25, 0.3) is 0 Å². The van der Waals surface area contributed by atoms with Crippen molar-refractivity contribution in [3.05, 3.63) is 57.6 Å². The number of ether oxygens (including phenoxy) is 1. The summed E-state index contributed by atoms with van der Waals surface area (Å²) < 4.78 is 5.63. The highest BCUT2D eigenvalue weighted by Gasteiger charge is 2.04. The summed E-state index contributed by atoms with van der Waals surface area (Å²) in [5.41, 5.74) is 8.37. The fraction of sp³-hybridized carbons (Fsp3) is 0.143. The maximum absolute atomic E-state index is 6.13. The van der Waals surface area contributed by atoms with Crippen molar-refractivity contribution in [1.29, 1.82) is 0 Å². The first-order chi connectivity index (χ1) is 8.56. The van der Waals surface area contributed by atoms with Crippen molar-refractivity contribution in [3.63, 3.8) is 0 Å². The molecule has 0 saturated carbocycles. The van der Waals surface area contributed by atoms with Crippen LogP contribution in [0, 0.1) is 6.92 Å². The average molecular weight is 282 g/mol. The Kier molecular flexibility index (Phi) is 4.00. The van der Waals surface area contributed by atoms with Gasteiger partial charge in [-0.3, -0.25) is 0 Å². The molecule has 0 saturated heterocycles. The number of hydrogen-bond donors (Lipinski definition) is 1. The molecule has 0 fully saturated rings. The predicted octanol–water partition coefficient (Wildman–Crippen LogP) is 4.46. The summed E-state index contributed by atoms with van der Waals surface area (Å²) in [6.07, 6.45) is 0. The summed E-state index contributed by atoms with van der Waals surface area (Å²) in [7, 11) is 0. The lowest BCUT2D eigenvalue weighted by Gasteiger charge is -2.10. The molecule has 2 nitrogen and oxygen atoms in total. The first kappa shape index (κ1) is 13.1. The number of nitrogen functional groups attached to an aromatic ring is 1. The molecule has 2 rings (SSSR count). The molecule has 94 valence electrons. The number of benzene rings is 2. The van der Waals surface area contributed by atoms with Crippen molar-refractivity contribution < 1.29 is 4.74 Å². The first-order valence-corrected chi connectivity index (χ1v) is 6.24. The molecule has 0 aromatic heterocycles. The van der Waals surface area contributed by atoms with Crippen LogP contribution in [0.5, 0.6) is 5.75 Å². The lowest BCUT2D eigenvalue weighted by Crippen LogP contribution is -1.99. The molecule has 2 aromatic rings. The van der Waals surface area contributed by atoms with E-state index in [9.17, 15) is 0 Å². The number of rotatable bonds is 3. The van der Waals surface area contributed by atoms with E-state index in [1.54, 1.807) is 18.2 Å². The second-order valence-corrected chi connectivity index (χ2v) is 4.91. The zero-order valence-corrected chi connectivity index (χ0v) is 11.4. The molecule has 0 amide bonds. The number of anilines is 1. The van der Waals surface area contributed by atoms with Gasteiger partial charge in [-0.15, -0.1) is 0 Å². The van der Waals surface area contributed by atoms with Crippen molar-refractivity contribution in [2.75, 3.05) is 5.73 Å². The van der Waals surface area contributed by atoms with Crippen LogP contribution in [0.15, 0.2) is 36.4 Å². The standard InChI is InChI=1S/C14H13Cl2NO/c1-9-2-3-10(12(16)6-9)8-18-14-5-4-11(15)7-13(14)17/h2-7H,8,17H2,1H3. The number of hydrogen-bond acceptors (Lipinski definition) is 2. The Morgan fingerprint density at radius 2 is 1.89 bits per heavy atom. The van der Waals surface area contributed by atoms with Gasteiger partial charge in [-0.2, -0.15) is 0 Å². The average Bonchev–Trinajstić information content (AvgIpc) is 2.30. The van der Waals surface area contributed by atoms with Crippen molar-refractivity contribution >= 4 is 28.9 Å². The molecular weight excluding hydrogens is 269 g/mol. The Bertz CT molecular complexity index is 518. The zero-order valence-electron chi connectivity index (χ0n) is 9.91. The smallest absolute Gasteiger partial charge is 0.142 e. The topological polar surface area (TPSA) is 35.2 Å². The highest BCUT2D eigenvalue weighted by Crippen LogP contribution is 2.27. The lowest BCUT2D eigenvalue weighted by molar-refractivity contribution is 0.308.